The first kappa shape index (κ1) is 17.9. The van der Waals surface area contributed by atoms with Crippen LogP contribution in [0.4, 0.5) is 11.4 Å². The van der Waals surface area contributed by atoms with Crippen LogP contribution < -0.4 is 15.0 Å². The number of fused-ring (bicyclic) bond motifs is 1. The van der Waals surface area contributed by atoms with Gasteiger partial charge in [-0.15, -0.1) is 0 Å². The van der Waals surface area contributed by atoms with Crippen LogP contribution in [0.1, 0.15) is 17.3 Å². The lowest BCUT2D eigenvalue weighted by atomic mass is 10.1. The first-order valence-corrected chi connectivity index (χ1v) is 9.76. The summed E-state index contributed by atoms with van der Waals surface area (Å²) < 4.78 is 28.5. The van der Waals surface area contributed by atoms with Crippen LogP contribution in [-0.4, -0.2) is 39.6 Å². The molecule has 1 atom stereocenters. The van der Waals surface area contributed by atoms with Gasteiger partial charge < -0.3 is 15.0 Å². The number of carbonyl (C=O) groups excluding carboxylic acids is 2. The summed E-state index contributed by atoms with van der Waals surface area (Å²) in [4.78, 5) is 26.0. The fraction of sp³-hybridized carbons (Fsp3) is 0.222. The molecule has 0 saturated heterocycles. The first-order valence-electron chi connectivity index (χ1n) is 7.86. The van der Waals surface area contributed by atoms with E-state index in [0.717, 1.165) is 6.26 Å². The van der Waals surface area contributed by atoms with E-state index in [2.05, 4.69) is 5.32 Å². The van der Waals surface area contributed by atoms with Crippen molar-refractivity contribution in [2.24, 2.45) is 0 Å². The Bertz CT molecular complexity index is 983. The van der Waals surface area contributed by atoms with Gasteiger partial charge in [0.2, 0.25) is 0 Å². The number of ether oxygens (including phenoxy) is 1. The van der Waals surface area contributed by atoms with Crippen molar-refractivity contribution in [2.45, 2.75) is 17.9 Å². The normalized spacial score (nSPS) is 16.7. The number of benzene rings is 2. The summed E-state index contributed by atoms with van der Waals surface area (Å²) in [6, 6.07) is 10.7. The monoisotopic (exact) mass is 374 g/mol. The Morgan fingerprint density at radius 3 is 2.42 bits per heavy atom. The molecule has 1 N–H and O–H groups in total. The van der Waals surface area contributed by atoms with Gasteiger partial charge in [-0.2, -0.15) is 0 Å². The highest BCUT2D eigenvalue weighted by Crippen LogP contribution is 2.35. The van der Waals surface area contributed by atoms with E-state index in [9.17, 15) is 18.0 Å². The van der Waals surface area contributed by atoms with Crippen molar-refractivity contribution in [2.75, 3.05) is 23.5 Å². The number of likely N-dealkylation sites (N-methyl/N-ethyl adjacent to an activating group) is 1. The molecule has 1 aliphatic rings. The van der Waals surface area contributed by atoms with Gasteiger partial charge in [0.15, 0.2) is 15.9 Å². The number of sulfone groups is 1. The van der Waals surface area contributed by atoms with Crippen molar-refractivity contribution < 1.29 is 22.7 Å². The molecule has 26 heavy (non-hydrogen) atoms. The van der Waals surface area contributed by atoms with Gasteiger partial charge in [0, 0.05) is 24.6 Å². The zero-order chi connectivity index (χ0) is 19.1. The highest BCUT2D eigenvalue weighted by atomic mass is 32.2. The molecule has 3 rings (SSSR count). The number of hydrogen-bond acceptors (Lipinski definition) is 5. The summed E-state index contributed by atoms with van der Waals surface area (Å²) in [6.07, 6.45) is 0.553. The highest BCUT2D eigenvalue weighted by molar-refractivity contribution is 7.90. The maximum absolute atomic E-state index is 12.4. The number of hydrogen-bond donors (Lipinski definition) is 1. The Kier molecular flexibility index (Phi) is 4.45. The van der Waals surface area contributed by atoms with Crippen LogP contribution in [0, 0.1) is 0 Å². The van der Waals surface area contributed by atoms with Crippen molar-refractivity contribution in [1.82, 2.24) is 0 Å². The molecule has 1 heterocycles. The summed E-state index contributed by atoms with van der Waals surface area (Å²) in [6.45, 7) is 1.68. The van der Waals surface area contributed by atoms with Gasteiger partial charge in [0.25, 0.3) is 11.8 Å². The summed E-state index contributed by atoms with van der Waals surface area (Å²) in [5.41, 5.74) is 1.39. The van der Waals surface area contributed by atoms with E-state index < -0.39 is 15.9 Å². The lowest BCUT2D eigenvalue weighted by molar-refractivity contribution is -0.125. The van der Waals surface area contributed by atoms with E-state index in [0.29, 0.717) is 22.7 Å². The molecule has 2 amide bonds. The van der Waals surface area contributed by atoms with E-state index in [-0.39, 0.29) is 16.7 Å². The topological polar surface area (TPSA) is 92.8 Å². The van der Waals surface area contributed by atoms with Gasteiger partial charge in [0.05, 0.1) is 10.6 Å². The van der Waals surface area contributed by atoms with Crippen LogP contribution in [0.2, 0.25) is 0 Å². The molecule has 0 radical (unpaired) electrons. The van der Waals surface area contributed by atoms with Gasteiger partial charge >= 0.3 is 0 Å². The first-order chi connectivity index (χ1) is 12.2. The number of anilines is 2. The molecule has 8 heteroatoms. The van der Waals surface area contributed by atoms with Crippen molar-refractivity contribution >= 4 is 33.0 Å². The van der Waals surface area contributed by atoms with Crippen molar-refractivity contribution in [1.29, 1.82) is 0 Å². The minimum absolute atomic E-state index is 0.147. The van der Waals surface area contributed by atoms with Crippen LogP contribution in [0.3, 0.4) is 0 Å². The predicted octanol–water partition coefficient (Wildman–Crippen LogP) is 2.09. The number of nitrogens with zero attached hydrogens (tertiary/aromatic N) is 1. The average molecular weight is 374 g/mol. The maximum Gasteiger partial charge on any atom is 0.267 e. The lowest BCUT2D eigenvalue weighted by Crippen LogP contribution is -2.41. The molecule has 0 aromatic heterocycles. The Balaban J connectivity index is 1.81. The minimum atomic E-state index is -3.31. The van der Waals surface area contributed by atoms with Crippen molar-refractivity contribution in [3.63, 3.8) is 0 Å². The predicted molar refractivity (Wildman–Crippen MR) is 97.4 cm³/mol. The quantitative estimate of drug-likeness (QED) is 0.888. The van der Waals surface area contributed by atoms with E-state index in [1.54, 1.807) is 32.2 Å². The third-order valence-electron chi connectivity index (χ3n) is 4.10. The lowest BCUT2D eigenvalue weighted by Gasteiger charge is -2.30. The average Bonchev–Trinajstić information content (AvgIpc) is 2.60. The molecule has 0 fully saturated rings. The minimum Gasteiger partial charge on any atom is -0.479 e. The number of carbonyl (C=O) groups is 2. The van der Waals surface area contributed by atoms with Crippen molar-refractivity contribution in [3.8, 4) is 5.75 Å². The van der Waals surface area contributed by atoms with Gasteiger partial charge in [-0.05, 0) is 49.4 Å². The second kappa shape index (κ2) is 6.45. The zero-order valence-electron chi connectivity index (χ0n) is 14.5. The van der Waals surface area contributed by atoms with Crippen LogP contribution >= 0.6 is 0 Å². The van der Waals surface area contributed by atoms with Crippen LogP contribution in [-0.2, 0) is 14.6 Å². The molecule has 0 bridgehead atoms. The molecule has 136 valence electrons. The van der Waals surface area contributed by atoms with Gasteiger partial charge in [0.1, 0.15) is 5.75 Å². The van der Waals surface area contributed by atoms with Crippen molar-refractivity contribution in [3.05, 3.63) is 48.0 Å². The highest BCUT2D eigenvalue weighted by Gasteiger charge is 2.29. The fourth-order valence-electron chi connectivity index (χ4n) is 2.65. The van der Waals surface area contributed by atoms with Gasteiger partial charge in [-0.3, -0.25) is 9.59 Å². The Hall–Kier alpha value is -2.87. The third-order valence-corrected chi connectivity index (χ3v) is 5.23. The molecule has 2 aromatic rings. The van der Waals surface area contributed by atoms with Crippen LogP contribution in [0.15, 0.2) is 47.4 Å². The number of amides is 2. The smallest absolute Gasteiger partial charge is 0.267 e. The standard InChI is InChI=1S/C18H18N2O5S/c1-11-18(22)20(2)15-10-13(6-9-16(15)25-11)19-17(21)12-4-7-14(8-5-12)26(3,23)24/h4-11H,1-3H3,(H,19,21). The van der Waals surface area contributed by atoms with E-state index in [1.165, 1.54) is 29.2 Å². The molecular weight excluding hydrogens is 356 g/mol. The maximum atomic E-state index is 12.4. The van der Waals surface area contributed by atoms with Gasteiger partial charge in [-0.25, -0.2) is 8.42 Å². The van der Waals surface area contributed by atoms with Crippen LogP contribution in [0.25, 0.3) is 0 Å². The summed E-state index contributed by atoms with van der Waals surface area (Å²) in [5.74, 6) is 0.0107. The zero-order valence-corrected chi connectivity index (χ0v) is 15.3. The molecule has 1 unspecified atom stereocenters. The summed E-state index contributed by atoms with van der Waals surface area (Å²) >= 11 is 0. The molecule has 2 aromatic carbocycles. The fourth-order valence-corrected chi connectivity index (χ4v) is 3.28. The summed E-state index contributed by atoms with van der Waals surface area (Å²) in [7, 11) is -1.66. The van der Waals surface area contributed by atoms with E-state index in [1.807, 2.05) is 0 Å². The summed E-state index contributed by atoms with van der Waals surface area (Å²) in [5, 5.41) is 2.73. The Morgan fingerprint density at radius 1 is 1.15 bits per heavy atom. The Morgan fingerprint density at radius 2 is 1.81 bits per heavy atom. The molecule has 1 aliphatic heterocycles. The molecule has 0 spiro atoms. The van der Waals surface area contributed by atoms with E-state index in [4.69, 9.17) is 4.74 Å². The molecule has 0 aliphatic carbocycles. The van der Waals surface area contributed by atoms with Gasteiger partial charge in [-0.1, -0.05) is 0 Å². The molecule has 0 saturated carbocycles. The van der Waals surface area contributed by atoms with E-state index >= 15 is 0 Å². The third kappa shape index (κ3) is 3.41. The second-order valence-electron chi connectivity index (χ2n) is 6.09. The van der Waals surface area contributed by atoms with Crippen LogP contribution in [0.5, 0.6) is 5.75 Å². The number of nitrogens with one attached hydrogen (secondary N) is 1. The second-order valence-corrected chi connectivity index (χ2v) is 8.11. The number of rotatable bonds is 3. The molecular formula is C18H18N2O5S. The SMILES string of the molecule is CC1Oc2ccc(NC(=O)c3ccc(S(C)(=O)=O)cc3)cc2N(C)C1=O. The largest absolute Gasteiger partial charge is 0.479 e. The Labute approximate surface area is 151 Å². The molecule has 7 nitrogen and oxygen atoms in total.